The maximum absolute atomic E-state index is 11.7. The zero-order chi connectivity index (χ0) is 21.1. The number of benzene rings is 4. The highest BCUT2D eigenvalue weighted by atomic mass is 32.2. The maximum Gasteiger partial charge on any atom is 0.240 e. The van der Waals surface area contributed by atoms with E-state index < -0.39 is 20.0 Å². The summed E-state index contributed by atoms with van der Waals surface area (Å²) in [5.74, 6) is 0. The van der Waals surface area contributed by atoms with E-state index in [1.165, 1.54) is 13.1 Å². The fraction of sp³-hybridized carbons (Fsp3) is 0.0476. The van der Waals surface area contributed by atoms with Gasteiger partial charge in [-0.1, -0.05) is 72.8 Å². The van der Waals surface area contributed by atoms with E-state index in [4.69, 9.17) is 5.14 Å². The second kappa shape index (κ2) is 8.30. The normalized spacial score (nSPS) is 11.8. The molecule has 3 N–H and O–H groups in total. The van der Waals surface area contributed by atoms with Crippen LogP contribution < -0.4 is 9.86 Å². The molecule has 6 nitrogen and oxygen atoms in total. The fourth-order valence-corrected chi connectivity index (χ4v) is 4.70. The second-order valence-electron chi connectivity index (χ2n) is 6.21. The number of nitrogens with one attached hydrogen (secondary N) is 1. The Morgan fingerprint density at radius 3 is 1.52 bits per heavy atom. The molecule has 0 aliphatic carbocycles. The Morgan fingerprint density at radius 2 is 1.03 bits per heavy atom. The lowest BCUT2D eigenvalue weighted by atomic mass is 10.1. The third-order valence-electron chi connectivity index (χ3n) is 4.36. The lowest BCUT2D eigenvalue weighted by Crippen LogP contribution is -2.18. The Hall–Kier alpha value is -2.78. The first-order valence-electron chi connectivity index (χ1n) is 8.66. The van der Waals surface area contributed by atoms with Crippen molar-refractivity contribution in [2.24, 2.45) is 5.14 Å². The highest BCUT2D eigenvalue weighted by Crippen LogP contribution is 2.22. The first kappa shape index (κ1) is 20.9. The predicted molar refractivity (Wildman–Crippen MR) is 116 cm³/mol. The number of hydrogen-bond donors (Lipinski definition) is 2. The van der Waals surface area contributed by atoms with Gasteiger partial charge in [0, 0.05) is 10.8 Å². The highest BCUT2D eigenvalue weighted by molar-refractivity contribution is 7.89. The number of fused-ring (bicyclic) bond motifs is 2. The molecule has 4 rings (SSSR count). The molecule has 0 heterocycles. The SMILES string of the molecule is CNS(=O)(=O)c1cccc2ccccc12.NS(=O)(=O)c1cccc2ccccc12. The molecule has 0 aromatic heterocycles. The van der Waals surface area contributed by atoms with Crippen molar-refractivity contribution < 1.29 is 16.8 Å². The minimum Gasteiger partial charge on any atom is -0.225 e. The van der Waals surface area contributed by atoms with Crippen molar-refractivity contribution in [3.63, 3.8) is 0 Å². The predicted octanol–water partition coefficient (Wildman–Crippen LogP) is 3.24. The van der Waals surface area contributed by atoms with Gasteiger partial charge in [0.15, 0.2) is 0 Å². The van der Waals surface area contributed by atoms with Crippen molar-refractivity contribution >= 4 is 41.6 Å². The molecule has 0 aliphatic rings. The molecule has 8 heteroatoms. The lowest BCUT2D eigenvalue weighted by Gasteiger charge is -2.06. The van der Waals surface area contributed by atoms with Crippen molar-refractivity contribution in [2.75, 3.05) is 7.05 Å². The van der Waals surface area contributed by atoms with Gasteiger partial charge in [-0.15, -0.1) is 0 Å². The van der Waals surface area contributed by atoms with Crippen LogP contribution in [0.5, 0.6) is 0 Å². The van der Waals surface area contributed by atoms with Gasteiger partial charge in [0.1, 0.15) is 0 Å². The quantitative estimate of drug-likeness (QED) is 0.522. The van der Waals surface area contributed by atoms with Crippen LogP contribution in [-0.2, 0) is 20.0 Å². The third kappa shape index (κ3) is 4.63. The van der Waals surface area contributed by atoms with Crippen LogP contribution >= 0.6 is 0 Å². The van der Waals surface area contributed by atoms with Gasteiger partial charge in [-0.2, -0.15) is 0 Å². The van der Waals surface area contributed by atoms with E-state index in [2.05, 4.69) is 4.72 Å². The molecule has 4 aromatic carbocycles. The second-order valence-corrected chi connectivity index (χ2v) is 9.59. The van der Waals surface area contributed by atoms with Gasteiger partial charge in [0.05, 0.1) is 9.79 Å². The molecule has 0 bridgehead atoms. The Balaban J connectivity index is 0.000000166. The van der Waals surface area contributed by atoms with Crippen LogP contribution in [0.3, 0.4) is 0 Å². The zero-order valence-corrected chi connectivity index (χ0v) is 17.2. The topological polar surface area (TPSA) is 106 Å². The number of nitrogens with two attached hydrogens (primary N) is 1. The summed E-state index contributed by atoms with van der Waals surface area (Å²) < 4.78 is 48.2. The molecule has 0 radical (unpaired) electrons. The minimum atomic E-state index is -3.63. The summed E-state index contributed by atoms with van der Waals surface area (Å²) in [6.07, 6.45) is 0. The van der Waals surface area contributed by atoms with Crippen molar-refractivity contribution in [2.45, 2.75) is 9.79 Å². The molecule has 0 spiro atoms. The van der Waals surface area contributed by atoms with Crippen LogP contribution in [-0.4, -0.2) is 23.9 Å². The Morgan fingerprint density at radius 1 is 0.621 bits per heavy atom. The summed E-state index contributed by atoms with van der Waals surface area (Å²) in [6, 6.07) is 24.9. The molecule has 4 aromatic rings. The average molecular weight is 429 g/mol. The summed E-state index contributed by atoms with van der Waals surface area (Å²) in [5.41, 5.74) is 0. The molecular weight excluding hydrogens is 408 g/mol. The number of primary sulfonamides is 1. The smallest absolute Gasteiger partial charge is 0.225 e. The van der Waals surface area contributed by atoms with Gasteiger partial charge in [0.25, 0.3) is 0 Å². The van der Waals surface area contributed by atoms with Crippen LogP contribution in [0.1, 0.15) is 0 Å². The van der Waals surface area contributed by atoms with E-state index in [1.54, 1.807) is 36.4 Å². The summed E-state index contributed by atoms with van der Waals surface area (Å²) in [7, 11) is -5.59. The van der Waals surface area contributed by atoms with E-state index in [0.717, 1.165) is 16.2 Å². The molecule has 0 unspecified atom stereocenters. The molecular formula is C21H20N2O4S2. The fourth-order valence-electron chi connectivity index (χ4n) is 2.98. The molecule has 0 saturated carbocycles. The summed E-state index contributed by atoms with van der Waals surface area (Å²) >= 11 is 0. The number of hydrogen-bond acceptors (Lipinski definition) is 4. The first-order valence-corrected chi connectivity index (χ1v) is 11.7. The summed E-state index contributed by atoms with van der Waals surface area (Å²) in [5, 5.41) is 8.30. The Kier molecular flexibility index (Phi) is 5.99. The van der Waals surface area contributed by atoms with Gasteiger partial charge >= 0.3 is 0 Å². The van der Waals surface area contributed by atoms with E-state index in [-0.39, 0.29) is 4.90 Å². The van der Waals surface area contributed by atoms with Crippen molar-refractivity contribution in [1.29, 1.82) is 0 Å². The van der Waals surface area contributed by atoms with Crippen LogP contribution in [0.2, 0.25) is 0 Å². The van der Waals surface area contributed by atoms with E-state index in [1.807, 2.05) is 42.5 Å². The van der Waals surface area contributed by atoms with Crippen molar-refractivity contribution in [3.8, 4) is 0 Å². The van der Waals surface area contributed by atoms with Gasteiger partial charge in [0.2, 0.25) is 20.0 Å². The molecule has 0 fully saturated rings. The van der Waals surface area contributed by atoms with Gasteiger partial charge in [-0.25, -0.2) is 26.7 Å². The molecule has 0 atom stereocenters. The van der Waals surface area contributed by atoms with Gasteiger partial charge in [-0.3, -0.25) is 0 Å². The van der Waals surface area contributed by atoms with Gasteiger partial charge in [-0.05, 0) is 30.0 Å². The minimum absolute atomic E-state index is 0.176. The van der Waals surface area contributed by atoms with Crippen LogP contribution in [0.4, 0.5) is 0 Å². The first-order chi connectivity index (χ1) is 13.7. The van der Waals surface area contributed by atoms with Crippen LogP contribution in [0.25, 0.3) is 21.5 Å². The average Bonchev–Trinajstić information content (AvgIpc) is 2.72. The van der Waals surface area contributed by atoms with Crippen molar-refractivity contribution in [1.82, 2.24) is 4.72 Å². The Bertz CT molecular complexity index is 1370. The summed E-state index contributed by atoms with van der Waals surface area (Å²) in [4.78, 5) is 0.499. The highest BCUT2D eigenvalue weighted by Gasteiger charge is 2.14. The molecule has 0 amide bonds. The monoisotopic (exact) mass is 428 g/mol. The van der Waals surface area contributed by atoms with Crippen LogP contribution in [0, 0.1) is 0 Å². The van der Waals surface area contributed by atoms with E-state index >= 15 is 0 Å². The lowest BCUT2D eigenvalue weighted by molar-refractivity contribution is 0.589. The number of rotatable bonds is 3. The number of sulfonamides is 2. The van der Waals surface area contributed by atoms with Gasteiger partial charge < -0.3 is 0 Å². The maximum atomic E-state index is 11.7. The molecule has 0 aliphatic heterocycles. The zero-order valence-electron chi connectivity index (χ0n) is 15.6. The largest absolute Gasteiger partial charge is 0.240 e. The standard InChI is InChI=1S/C11H11NO2S.C10H9NO2S/c1-12-15(13,14)11-8-4-6-9-5-2-3-7-10(9)11;11-14(12,13)10-7-3-5-8-4-1-2-6-9(8)10/h2-8,12H,1H3;1-7H,(H2,11,12,13). The molecule has 0 saturated heterocycles. The van der Waals surface area contributed by atoms with E-state index in [9.17, 15) is 16.8 Å². The molecule has 150 valence electrons. The van der Waals surface area contributed by atoms with Crippen LogP contribution in [0.15, 0.2) is 94.7 Å². The molecule has 29 heavy (non-hydrogen) atoms. The van der Waals surface area contributed by atoms with Crippen molar-refractivity contribution in [3.05, 3.63) is 84.9 Å². The van der Waals surface area contributed by atoms with E-state index in [0.29, 0.717) is 10.3 Å². The third-order valence-corrected chi connectivity index (χ3v) is 6.81. The Labute approximate surface area is 170 Å². The summed E-state index contributed by atoms with van der Waals surface area (Å²) in [6.45, 7) is 0.